The van der Waals surface area contributed by atoms with Crippen LogP contribution in [-0.4, -0.2) is 10.1 Å². The first-order valence-electron chi connectivity index (χ1n) is 6.01. The van der Waals surface area contributed by atoms with Crippen molar-refractivity contribution >= 4 is 25.6 Å². The van der Waals surface area contributed by atoms with Crippen molar-refractivity contribution in [3.05, 3.63) is 29.3 Å². The number of rotatable bonds is 1. The molecule has 2 rings (SSSR count). The minimum Gasteiger partial charge on any atom is -0.508 e. The predicted octanol–water partition coefficient (Wildman–Crippen LogP) is 3.34. The van der Waals surface area contributed by atoms with Crippen LogP contribution in [0.1, 0.15) is 31.9 Å². The van der Waals surface area contributed by atoms with Crippen LogP contribution in [0.25, 0.3) is 10.9 Å². The topological polar surface area (TPSA) is 33.1 Å². The van der Waals surface area contributed by atoms with Crippen LogP contribution in [0.4, 0.5) is 0 Å². The summed E-state index contributed by atoms with van der Waals surface area (Å²) in [7, 11) is 2.61. The monoisotopic (exact) mass is 249 g/mol. The van der Waals surface area contributed by atoms with Crippen LogP contribution in [0.2, 0.25) is 0 Å². The van der Waals surface area contributed by atoms with Gasteiger partial charge in [0, 0.05) is 10.9 Å². The third-order valence-electron chi connectivity index (χ3n) is 2.69. The molecule has 1 heterocycles. The highest BCUT2D eigenvalue weighted by Crippen LogP contribution is 2.26. The summed E-state index contributed by atoms with van der Waals surface area (Å²) < 4.78 is 0. The molecule has 1 atom stereocenters. The molecular weight excluding hydrogens is 229 g/mol. The molecular formula is C14H20NOP. The van der Waals surface area contributed by atoms with Crippen LogP contribution >= 0.6 is 9.24 Å². The first-order valence-corrected chi connectivity index (χ1v) is 6.59. The number of aromatic nitrogens is 1. The Bertz CT molecular complexity index is 523. The fourth-order valence-electron chi connectivity index (χ4n) is 1.80. The lowest BCUT2D eigenvalue weighted by atomic mass is 10.0. The maximum atomic E-state index is 9.62. The zero-order valence-electron chi connectivity index (χ0n) is 10.9. The highest BCUT2D eigenvalue weighted by molar-refractivity contribution is 7.26. The van der Waals surface area contributed by atoms with Crippen LogP contribution in [0.5, 0.6) is 5.75 Å². The van der Waals surface area contributed by atoms with Gasteiger partial charge in [0.15, 0.2) is 0 Å². The Labute approximate surface area is 105 Å². The Morgan fingerprint density at radius 3 is 2.53 bits per heavy atom. The second kappa shape index (κ2) is 5.97. The Morgan fingerprint density at radius 1 is 1.29 bits per heavy atom. The van der Waals surface area contributed by atoms with E-state index in [2.05, 4.69) is 27.2 Å². The summed E-state index contributed by atoms with van der Waals surface area (Å²) in [4.78, 5) is 4.45. The van der Waals surface area contributed by atoms with E-state index in [1.807, 2.05) is 26.8 Å². The molecule has 1 unspecified atom stereocenters. The molecule has 3 heteroatoms. The number of phenols is 1. The standard InChI is InChI=1S/C12H14NOP.C2H6/c1-3-8-6-11(15)13-12-7(2)10(14)5-4-9(8)12;1-2/h4-6,14H,3,15H2,1-2H3;1-2H3. The first kappa shape index (κ1) is 13.9. The largest absolute Gasteiger partial charge is 0.508 e. The molecule has 0 amide bonds. The lowest BCUT2D eigenvalue weighted by Gasteiger charge is -2.08. The molecule has 0 saturated heterocycles. The number of aromatic hydroxyl groups is 1. The fourth-order valence-corrected chi connectivity index (χ4v) is 2.13. The predicted molar refractivity (Wildman–Crippen MR) is 78.2 cm³/mol. The van der Waals surface area contributed by atoms with Gasteiger partial charge in [-0.3, -0.25) is 0 Å². The first-order chi connectivity index (χ1) is 8.13. The van der Waals surface area contributed by atoms with Crippen molar-refractivity contribution < 1.29 is 5.11 Å². The van der Waals surface area contributed by atoms with Crippen LogP contribution in [0.15, 0.2) is 18.2 Å². The average Bonchev–Trinajstić information content (AvgIpc) is 2.36. The van der Waals surface area contributed by atoms with Crippen LogP contribution in [0.3, 0.4) is 0 Å². The molecule has 0 saturated carbocycles. The molecule has 1 N–H and O–H groups in total. The molecule has 92 valence electrons. The minimum atomic E-state index is 0.313. The number of hydrogen-bond acceptors (Lipinski definition) is 2. The van der Waals surface area contributed by atoms with E-state index in [1.54, 1.807) is 6.07 Å². The summed E-state index contributed by atoms with van der Waals surface area (Å²) in [6.45, 7) is 8.02. The van der Waals surface area contributed by atoms with Crippen LogP contribution < -0.4 is 5.44 Å². The van der Waals surface area contributed by atoms with E-state index < -0.39 is 0 Å². The molecule has 0 aliphatic rings. The molecule has 0 aliphatic carbocycles. The summed E-state index contributed by atoms with van der Waals surface area (Å²) in [5.41, 5.74) is 3.95. The molecule has 17 heavy (non-hydrogen) atoms. The number of nitrogens with zero attached hydrogens (tertiary/aromatic N) is 1. The number of phenolic OH excluding ortho intramolecular Hbond substituents is 1. The molecule has 0 bridgehead atoms. The van der Waals surface area contributed by atoms with Gasteiger partial charge >= 0.3 is 0 Å². The quantitative estimate of drug-likeness (QED) is 0.786. The number of hydrogen-bond donors (Lipinski definition) is 1. The van der Waals surface area contributed by atoms with E-state index in [9.17, 15) is 5.11 Å². The van der Waals surface area contributed by atoms with Crippen molar-refractivity contribution in [1.29, 1.82) is 0 Å². The molecule has 1 aromatic heterocycles. The molecule has 0 radical (unpaired) electrons. The lowest BCUT2D eigenvalue weighted by molar-refractivity contribution is 0.472. The van der Waals surface area contributed by atoms with Gasteiger partial charge in [-0.15, -0.1) is 0 Å². The highest BCUT2D eigenvalue weighted by atomic mass is 31.0. The number of pyridine rings is 1. The van der Waals surface area contributed by atoms with Crippen molar-refractivity contribution in [2.75, 3.05) is 0 Å². The second-order valence-corrected chi connectivity index (χ2v) is 4.26. The molecule has 2 nitrogen and oxygen atoms in total. The van der Waals surface area contributed by atoms with Gasteiger partial charge in [-0.25, -0.2) is 4.98 Å². The normalized spacial score (nSPS) is 9.94. The Kier molecular flexibility index (Phi) is 4.89. The van der Waals surface area contributed by atoms with E-state index >= 15 is 0 Å². The summed E-state index contributed by atoms with van der Waals surface area (Å²) in [6.07, 6.45) is 0.977. The van der Waals surface area contributed by atoms with Crippen LogP contribution in [-0.2, 0) is 6.42 Å². The van der Waals surface area contributed by atoms with Crippen molar-refractivity contribution in [3.8, 4) is 5.75 Å². The summed E-state index contributed by atoms with van der Waals surface area (Å²) in [5.74, 6) is 0.313. The van der Waals surface area contributed by atoms with E-state index in [-0.39, 0.29) is 0 Å². The van der Waals surface area contributed by atoms with Gasteiger partial charge in [0.05, 0.1) is 11.0 Å². The molecule has 1 aromatic carbocycles. The Morgan fingerprint density at radius 2 is 1.94 bits per heavy atom. The smallest absolute Gasteiger partial charge is 0.120 e. The van der Waals surface area contributed by atoms with Crippen molar-refractivity contribution in [1.82, 2.24) is 4.98 Å². The minimum absolute atomic E-state index is 0.313. The van der Waals surface area contributed by atoms with Crippen molar-refractivity contribution in [2.45, 2.75) is 34.1 Å². The van der Waals surface area contributed by atoms with Gasteiger partial charge in [0.2, 0.25) is 0 Å². The molecule has 2 aromatic rings. The van der Waals surface area contributed by atoms with Gasteiger partial charge in [0.25, 0.3) is 0 Å². The second-order valence-electron chi connectivity index (χ2n) is 3.67. The van der Waals surface area contributed by atoms with E-state index in [0.717, 1.165) is 28.3 Å². The maximum absolute atomic E-state index is 9.62. The van der Waals surface area contributed by atoms with Crippen molar-refractivity contribution in [2.24, 2.45) is 0 Å². The SMILES string of the molecule is CC.CCc1cc(P)nc2c(C)c(O)ccc12. The molecule has 0 spiro atoms. The zero-order chi connectivity index (χ0) is 13.0. The maximum Gasteiger partial charge on any atom is 0.120 e. The highest BCUT2D eigenvalue weighted by Gasteiger charge is 2.07. The number of aryl methyl sites for hydroxylation is 2. The molecule has 0 fully saturated rings. The summed E-state index contributed by atoms with van der Waals surface area (Å²) >= 11 is 0. The summed E-state index contributed by atoms with van der Waals surface area (Å²) in [6, 6.07) is 5.75. The third kappa shape index (κ3) is 2.76. The Hall–Kier alpha value is -1.14. The summed E-state index contributed by atoms with van der Waals surface area (Å²) in [5, 5.41) is 10.8. The van der Waals surface area contributed by atoms with Gasteiger partial charge in [-0.1, -0.05) is 30.0 Å². The lowest BCUT2D eigenvalue weighted by Crippen LogP contribution is -2.02. The van der Waals surface area contributed by atoms with E-state index in [0.29, 0.717) is 5.75 Å². The van der Waals surface area contributed by atoms with Crippen LogP contribution in [0, 0.1) is 6.92 Å². The third-order valence-corrected chi connectivity index (χ3v) is 2.99. The van der Waals surface area contributed by atoms with E-state index in [4.69, 9.17) is 0 Å². The zero-order valence-corrected chi connectivity index (χ0v) is 12.1. The fraction of sp³-hybridized carbons (Fsp3) is 0.357. The Balaban J connectivity index is 0.000000686. The van der Waals surface area contributed by atoms with E-state index in [1.165, 1.54) is 5.56 Å². The van der Waals surface area contributed by atoms with Gasteiger partial charge in [-0.2, -0.15) is 0 Å². The van der Waals surface area contributed by atoms with Gasteiger partial charge in [-0.05, 0) is 37.1 Å². The number of fused-ring (bicyclic) bond motifs is 1. The van der Waals surface area contributed by atoms with Gasteiger partial charge < -0.3 is 5.11 Å². The average molecular weight is 249 g/mol. The molecule has 0 aliphatic heterocycles. The van der Waals surface area contributed by atoms with Crippen molar-refractivity contribution in [3.63, 3.8) is 0 Å². The number of benzene rings is 1. The van der Waals surface area contributed by atoms with Gasteiger partial charge in [0.1, 0.15) is 5.75 Å².